The molecule has 0 radical (unpaired) electrons. The van der Waals surface area contributed by atoms with Crippen molar-refractivity contribution in [3.63, 3.8) is 0 Å². The lowest BCUT2D eigenvalue weighted by Gasteiger charge is -2.11. The van der Waals surface area contributed by atoms with Crippen molar-refractivity contribution in [2.24, 2.45) is 0 Å². The molecule has 0 spiro atoms. The topological polar surface area (TPSA) is 63.7 Å². The number of methoxy groups -OCH3 is 1. The van der Waals surface area contributed by atoms with Crippen molar-refractivity contribution in [2.45, 2.75) is 0 Å². The van der Waals surface area contributed by atoms with E-state index in [-0.39, 0.29) is 13.1 Å². The lowest BCUT2D eigenvalue weighted by Crippen LogP contribution is -2.31. The Morgan fingerprint density at radius 3 is 2.75 bits per heavy atom. The minimum Gasteiger partial charge on any atom is -0.468 e. The van der Waals surface area contributed by atoms with Crippen LogP contribution in [0.2, 0.25) is 0 Å². The van der Waals surface area contributed by atoms with E-state index < -0.39 is 16.0 Å². The highest BCUT2D eigenvalue weighted by Crippen LogP contribution is 2.09. The Morgan fingerprint density at radius 1 is 1.67 bits per heavy atom. The number of nitrogens with zero attached hydrogens (tertiary/aromatic N) is 1. The Labute approximate surface area is 70.7 Å². The van der Waals surface area contributed by atoms with Crippen LogP contribution in [-0.4, -0.2) is 38.9 Å². The summed E-state index contributed by atoms with van der Waals surface area (Å²) < 4.78 is 27.5. The third-order valence-electron chi connectivity index (χ3n) is 1.47. The van der Waals surface area contributed by atoms with Crippen LogP contribution in [0.15, 0.2) is 11.5 Å². The van der Waals surface area contributed by atoms with Crippen molar-refractivity contribution in [3.8, 4) is 0 Å². The fourth-order valence-corrected chi connectivity index (χ4v) is 1.92. The van der Waals surface area contributed by atoms with Gasteiger partial charge in [0.25, 0.3) is 0 Å². The second-order valence-corrected chi connectivity index (χ2v) is 4.10. The van der Waals surface area contributed by atoms with Crippen LogP contribution in [0.5, 0.6) is 0 Å². The van der Waals surface area contributed by atoms with Crippen LogP contribution in [0.3, 0.4) is 0 Å². The number of rotatable bonds is 2. The van der Waals surface area contributed by atoms with Gasteiger partial charge in [-0.3, -0.25) is 4.79 Å². The number of carbonyl (C=O) groups is 1. The first-order valence-electron chi connectivity index (χ1n) is 3.30. The summed E-state index contributed by atoms with van der Waals surface area (Å²) in [5.74, 6) is -0.553. The average molecular weight is 191 g/mol. The van der Waals surface area contributed by atoms with Gasteiger partial charge in [-0.1, -0.05) is 6.08 Å². The molecule has 68 valence electrons. The molecule has 0 bridgehead atoms. The van der Waals surface area contributed by atoms with Crippen LogP contribution in [0, 0.1) is 0 Å². The van der Waals surface area contributed by atoms with Crippen molar-refractivity contribution in [1.29, 1.82) is 0 Å². The van der Waals surface area contributed by atoms with Gasteiger partial charge >= 0.3 is 5.97 Å². The quantitative estimate of drug-likeness (QED) is 0.542. The van der Waals surface area contributed by atoms with Gasteiger partial charge in [-0.25, -0.2) is 8.42 Å². The molecule has 0 fully saturated rings. The van der Waals surface area contributed by atoms with E-state index in [0.717, 1.165) is 9.71 Å². The maximum Gasteiger partial charge on any atom is 0.321 e. The molecule has 1 aliphatic heterocycles. The molecule has 1 aliphatic rings. The molecule has 1 rings (SSSR count). The zero-order valence-corrected chi connectivity index (χ0v) is 7.37. The summed E-state index contributed by atoms with van der Waals surface area (Å²) in [5, 5.41) is 1.08. The molecule has 0 aromatic heterocycles. The minimum absolute atomic E-state index is 0.216. The summed E-state index contributed by atoms with van der Waals surface area (Å²) in [6.07, 6.45) is 1.48. The molecule has 0 N–H and O–H groups in total. The molecule has 5 nitrogen and oxygen atoms in total. The van der Waals surface area contributed by atoms with E-state index in [4.69, 9.17) is 0 Å². The van der Waals surface area contributed by atoms with E-state index in [0.29, 0.717) is 0 Å². The Hall–Kier alpha value is -0.880. The minimum atomic E-state index is -3.34. The third-order valence-corrected chi connectivity index (χ3v) is 3.00. The standard InChI is InChI=1S/C6H9NO4S/c1-11-6(8)5-7-3-2-4-12(7,9)10/h2,4H,3,5H2,1H3. The van der Waals surface area contributed by atoms with Crippen LogP contribution < -0.4 is 0 Å². The van der Waals surface area contributed by atoms with Gasteiger partial charge in [0.1, 0.15) is 6.54 Å². The number of ether oxygens (including phenoxy) is 1. The van der Waals surface area contributed by atoms with Crippen LogP contribution >= 0.6 is 0 Å². The summed E-state index contributed by atoms with van der Waals surface area (Å²) >= 11 is 0. The Morgan fingerprint density at radius 2 is 2.33 bits per heavy atom. The van der Waals surface area contributed by atoms with Crippen LogP contribution in [0.1, 0.15) is 0 Å². The van der Waals surface area contributed by atoms with E-state index >= 15 is 0 Å². The van der Waals surface area contributed by atoms with E-state index in [1.54, 1.807) is 0 Å². The second-order valence-electron chi connectivity index (χ2n) is 2.29. The van der Waals surface area contributed by atoms with Crippen LogP contribution in [-0.2, 0) is 19.6 Å². The Bertz CT molecular complexity index is 306. The number of sulfonamides is 1. The molecule has 0 atom stereocenters. The largest absolute Gasteiger partial charge is 0.468 e. The average Bonchev–Trinajstić information content (AvgIpc) is 2.31. The van der Waals surface area contributed by atoms with Gasteiger partial charge in [-0.05, 0) is 0 Å². The summed E-state index contributed by atoms with van der Waals surface area (Å²) in [7, 11) is -2.12. The predicted molar refractivity (Wildman–Crippen MR) is 41.6 cm³/mol. The van der Waals surface area contributed by atoms with Gasteiger partial charge in [-0.15, -0.1) is 0 Å². The summed E-state index contributed by atoms with van der Waals surface area (Å²) in [6, 6.07) is 0. The summed E-state index contributed by atoms with van der Waals surface area (Å²) in [6.45, 7) is 0.0310. The first-order valence-corrected chi connectivity index (χ1v) is 4.80. The molecule has 0 aromatic carbocycles. The van der Waals surface area contributed by atoms with Gasteiger partial charge < -0.3 is 4.74 Å². The molecular formula is C6H9NO4S. The normalized spacial score (nSPS) is 21.1. The molecule has 0 saturated carbocycles. The molecule has 0 saturated heterocycles. The summed E-state index contributed by atoms with van der Waals surface area (Å²) in [4.78, 5) is 10.7. The highest BCUT2D eigenvalue weighted by Gasteiger charge is 2.25. The van der Waals surface area contributed by atoms with Crippen LogP contribution in [0.4, 0.5) is 0 Å². The Balaban J connectivity index is 2.63. The van der Waals surface area contributed by atoms with Crippen LogP contribution in [0.25, 0.3) is 0 Å². The number of hydrogen-bond acceptors (Lipinski definition) is 4. The van der Waals surface area contributed by atoms with Crippen molar-refractivity contribution in [3.05, 3.63) is 11.5 Å². The van der Waals surface area contributed by atoms with Gasteiger partial charge in [0, 0.05) is 12.0 Å². The molecule has 12 heavy (non-hydrogen) atoms. The summed E-state index contributed by atoms with van der Waals surface area (Å²) in [5.41, 5.74) is 0. The first-order chi connectivity index (χ1) is 5.56. The van der Waals surface area contributed by atoms with E-state index in [9.17, 15) is 13.2 Å². The van der Waals surface area contributed by atoms with Crippen molar-refractivity contribution in [1.82, 2.24) is 4.31 Å². The molecule has 0 unspecified atom stereocenters. The van der Waals surface area contributed by atoms with Crippen molar-refractivity contribution >= 4 is 16.0 Å². The van der Waals surface area contributed by atoms with Gasteiger partial charge in [0.05, 0.1) is 7.11 Å². The molecule has 0 aromatic rings. The zero-order chi connectivity index (χ0) is 9.19. The second kappa shape index (κ2) is 3.24. The SMILES string of the molecule is COC(=O)CN1CC=CS1(=O)=O. The first kappa shape index (κ1) is 9.21. The van der Waals surface area contributed by atoms with Crippen molar-refractivity contribution in [2.75, 3.05) is 20.2 Å². The highest BCUT2D eigenvalue weighted by molar-refractivity contribution is 7.92. The van der Waals surface area contributed by atoms with Gasteiger partial charge in [0.2, 0.25) is 10.0 Å². The fraction of sp³-hybridized carbons (Fsp3) is 0.500. The van der Waals surface area contributed by atoms with E-state index in [1.807, 2.05) is 0 Å². The fourth-order valence-electron chi connectivity index (χ4n) is 0.835. The molecule has 0 amide bonds. The molecule has 1 heterocycles. The zero-order valence-electron chi connectivity index (χ0n) is 6.56. The number of hydrogen-bond donors (Lipinski definition) is 0. The molecular weight excluding hydrogens is 182 g/mol. The number of esters is 1. The maximum absolute atomic E-state index is 11.0. The Kier molecular flexibility index (Phi) is 2.49. The van der Waals surface area contributed by atoms with Gasteiger partial charge in [0.15, 0.2) is 0 Å². The monoisotopic (exact) mass is 191 g/mol. The van der Waals surface area contributed by atoms with Gasteiger partial charge in [-0.2, -0.15) is 4.31 Å². The maximum atomic E-state index is 11.0. The highest BCUT2D eigenvalue weighted by atomic mass is 32.2. The van der Waals surface area contributed by atoms with E-state index in [2.05, 4.69) is 4.74 Å². The lowest BCUT2D eigenvalue weighted by molar-refractivity contribution is -0.140. The van der Waals surface area contributed by atoms with E-state index in [1.165, 1.54) is 13.2 Å². The molecule has 0 aliphatic carbocycles. The van der Waals surface area contributed by atoms with Crippen molar-refractivity contribution < 1.29 is 17.9 Å². The number of carbonyl (C=O) groups excluding carboxylic acids is 1. The molecule has 6 heteroatoms. The third kappa shape index (κ3) is 1.83. The smallest absolute Gasteiger partial charge is 0.321 e. The predicted octanol–water partition coefficient (Wildman–Crippen LogP) is -0.681. The lowest BCUT2D eigenvalue weighted by atomic mass is 10.6.